The first-order valence-electron chi connectivity index (χ1n) is 5.37. The zero-order valence-corrected chi connectivity index (χ0v) is 9.96. The Kier molecular flexibility index (Phi) is 3.38. The lowest BCUT2D eigenvalue weighted by Gasteiger charge is -2.19. The lowest BCUT2D eigenvalue weighted by Crippen LogP contribution is -2.28. The number of ether oxygens (including phenoxy) is 1. The molecule has 84 valence electrons. The number of aryl methyl sites for hydroxylation is 1. The van der Waals surface area contributed by atoms with Crippen LogP contribution in [0.15, 0.2) is 5.38 Å². The molecule has 0 aromatic carbocycles. The first kappa shape index (κ1) is 11.0. The fourth-order valence-corrected chi connectivity index (χ4v) is 2.75. The van der Waals surface area contributed by atoms with Gasteiger partial charge in [-0.15, -0.1) is 11.3 Å². The second kappa shape index (κ2) is 4.60. The standard InChI is InChI=1S/C11H17NO2S/c1-7-10(3-4-14-7)11(13)5-9-6-15-8(2)12-9/h6-7,10-11,13H,3-5H2,1-2H3. The Labute approximate surface area is 94.1 Å². The lowest BCUT2D eigenvalue weighted by atomic mass is 9.93. The molecule has 3 unspecified atom stereocenters. The van der Waals surface area contributed by atoms with Gasteiger partial charge in [0, 0.05) is 24.3 Å². The van der Waals surface area contributed by atoms with Gasteiger partial charge in [0.25, 0.3) is 0 Å². The van der Waals surface area contributed by atoms with E-state index in [0.717, 1.165) is 23.7 Å². The Bertz CT molecular complexity index is 326. The van der Waals surface area contributed by atoms with Gasteiger partial charge in [0.1, 0.15) is 0 Å². The first-order chi connectivity index (χ1) is 7.16. The Hall–Kier alpha value is -0.450. The first-order valence-corrected chi connectivity index (χ1v) is 6.25. The van der Waals surface area contributed by atoms with E-state index in [1.54, 1.807) is 11.3 Å². The smallest absolute Gasteiger partial charge is 0.0897 e. The highest BCUT2D eigenvalue weighted by Gasteiger charge is 2.30. The second-order valence-electron chi connectivity index (χ2n) is 4.16. The summed E-state index contributed by atoms with van der Waals surface area (Å²) < 4.78 is 5.45. The zero-order chi connectivity index (χ0) is 10.8. The van der Waals surface area contributed by atoms with Crippen LogP contribution in [-0.4, -0.2) is 28.9 Å². The fourth-order valence-electron chi connectivity index (χ4n) is 2.12. The summed E-state index contributed by atoms with van der Waals surface area (Å²) in [5.41, 5.74) is 1.00. The highest BCUT2D eigenvalue weighted by Crippen LogP contribution is 2.26. The number of nitrogens with zero attached hydrogens (tertiary/aromatic N) is 1. The van der Waals surface area contributed by atoms with Crippen LogP contribution in [0, 0.1) is 12.8 Å². The van der Waals surface area contributed by atoms with Crippen LogP contribution in [0.1, 0.15) is 24.0 Å². The van der Waals surface area contributed by atoms with E-state index in [0.29, 0.717) is 6.42 Å². The van der Waals surface area contributed by atoms with Crippen molar-refractivity contribution >= 4 is 11.3 Å². The van der Waals surface area contributed by atoms with E-state index in [1.807, 2.05) is 19.2 Å². The van der Waals surface area contributed by atoms with Crippen molar-refractivity contribution in [3.05, 3.63) is 16.1 Å². The number of rotatable bonds is 3. The van der Waals surface area contributed by atoms with Crippen LogP contribution in [0.4, 0.5) is 0 Å². The van der Waals surface area contributed by atoms with E-state index >= 15 is 0 Å². The van der Waals surface area contributed by atoms with Gasteiger partial charge in [-0.05, 0) is 20.3 Å². The molecule has 3 nitrogen and oxygen atoms in total. The second-order valence-corrected chi connectivity index (χ2v) is 5.22. The molecule has 3 atom stereocenters. The van der Waals surface area contributed by atoms with E-state index in [1.165, 1.54) is 0 Å². The molecule has 0 spiro atoms. The number of thiazole rings is 1. The molecule has 1 fully saturated rings. The van der Waals surface area contributed by atoms with Gasteiger partial charge in [-0.1, -0.05) is 0 Å². The summed E-state index contributed by atoms with van der Waals surface area (Å²) in [6.07, 6.45) is 1.48. The number of aliphatic hydroxyl groups excluding tert-OH is 1. The zero-order valence-electron chi connectivity index (χ0n) is 9.14. The molecule has 2 rings (SSSR count). The van der Waals surface area contributed by atoms with Gasteiger partial charge in [0.2, 0.25) is 0 Å². The minimum absolute atomic E-state index is 0.180. The third kappa shape index (κ3) is 2.56. The average Bonchev–Trinajstić information content (AvgIpc) is 2.75. The summed E-state index contributed by atoms with van der Waals surface area (Å²) in [5.74, 6) is 0.270. The fraction of sp³-hybridized carbons (Fsp3) is 0.727. The van der Waals surface area contributed by atoms with Crippen molar-refractivity contribution < 1.29 is 9.84 Å². The van der Waals surface area contributed by atoms with Gasteiger partial charge in [0.15, 0.2) is 0 Å². The highest BCUT2D eigenvalue weighted by molar-refractivity contribution is 7.09. The van der Waals surface area contributed by atoms with Crippen molar-refractivity contribution in [2.75, 3.05) is 6.61 Å². The largest absolute Gasteiger partial charge is 0.392 e. The van der Waals surface area contributed by atoms with Gasteiger partial charge < -0.3 is 9.84 Å². The van der Waals surface area contributed by atoms with Crippen molar-refractivity contribution in [2.45, 2.75) is 38.9 Å². The van der Waals surface area contributed by atoms with Crippen LogP contribution in [0.2, 0.25) is 0 Å². The molecule has 1 aromatic rings. The lowest BCUT2D eigenvalue weighted by molar-refractivity contribution is 0.0437. The number of hydrogen-bond acceptors (Lipinski definition) is 4. The quantitative estimate of drug-likeness (QED) is 0.856. The minimum atomic E-state index is -0.316. The molecule has 2 heterocycles. The minimum Gasteiger partial charge on any atom is -0.392 e. The van der Waals surface area contributed by atoms with E-state index in [4.69, 9.17) is 4.74 Å². The maximum atomic E-state index is 10.1. The molecule has 0 amide bonds. The molecule has 0 bridgehead atoms. The highest BCUT2D eigenvalue weighted by atomic mass is 32.1. The Morgan fingerprint density at radius 1 is 1.73 bits per heavy atom. The van der Waals surface area contributed by atoms with Gasteiger partial charge in [-0.2, -0.15) is 0 Å². The van der Waals surface area contributed by atoms with Crippen LogP contribution < -0.4 is 0 Å². The molecular weight excluding hydrogens is 210 g/mol. The van der Waals surface area contributed by atoms with E-state index in [9.17, 15) is 5.11 Å². The molecule has 1 aliphatic heterocycles. The van der Waals surface area contributed by atoms with Gasteiger partial charge in [-0.3, -0.25) is 0 Å². The van der Waals surface area contributed by atoms with Crippen molar-refractivity contribution in [2.24, 2.45) is 5.92 Å². The van der Waals surface area contributed by atoms with Crippen LogP contribution in [0.25, 0.3) is 0 Å². The van der Waals surface area contributed by atoms with Crippen molar-refractivity contribution in [1.82, 2.24) is 4.98 Å². The topological polar surface area (TPSA) is 42.4 Å². The Morgan fingerprint density at radius 2 is 2.53 bits per heavy atom. The molecule has 4 heteroatoms. The summed E-state index contributed by atoms with van der Waals surface area (Å²) in [4.78, 5) is 4.36. The third-order valence-corrected chi connectivity index (χ3v) is 3.84. The predicted molar refractivity (Wildman–Crippen MR) is 60.1 cm³/mol. The van der Waals surface area contributed by atoms with Crippen molar-refractivity contribution in [1.29, 1.82) is 0 Å². The summed E-state index contributed by atoms with van der Waals surface area (Å²) in [7, 11) is 0. The van der Waals surface area contributed by atoms with Crippen LogP contribution in [0.3, 0.4) is 0 Å². The van der Waals surface area contributed by atoms with Crippen LogP contribution in [0.5, 0.6) is 0 Å². The van der Waals surface area contributed by atoms with E-state index < -0.39 is 0 Å². The summed E-state index contributed by atoms with van der Waals surface area (Å²) >= 11 is 1.64. The molecular formula is C11H17NO2S. The summed E-state index contributed by atoms with van der Waals surface area (Å²) in [6.45, 7) is 4.80. The van der Waals surface area contributed by atoms with E-state index in [-0.39, 0.29) is 18.1 Å². The van der Waals surface area contributed by atoms with Gasteiger partial charge >= 0.3 is 0 Å². The number of aromatic nitrogens is 1. The molecule has 0 aliphatic carbocycles. The molecule has 0 saturated carbocycles. The molecule has 1 aromatic heterocycles. The third-order valence-electron chi connectivity index (χ3n) is 3.01. The summed E-state index contributed by atoms with van der Waals surface area (Å²) in [6, 6.07) is 0. The van der Waals surface area contributed by atoms with Crippen molar-refractivity contribution in [3.8, 4) is 0 Å². The van der Waals surface area contributed by atoms with Crippen LogP contribution >= 0.6 is 11.3 Å². The van der Waals surface area contributed by atoms with Crippen molar-refractivity contribution in [3.63, 3.8) is 0 Å². The molecule has 1 saturated heterocycles. The maximum absolute atomic E-state index is 10.1. The molecule has 0 radical (unpaired) electrons. The maximum Gasteiger partial charge on any atom is 0.0897 e. The van der Waals surface area contributed by atoms with Gasteiger partial charge in [0.05, 0.1) is 22.9 Å². The van der Waals surface area contributed by atoms with E-state index in [2.05, 4.69) is 4.98 Å². The number of aliphatic hydroxyl groups is 1. The SMILES string of the molecule is Cc1nc(CC(O)C2CCOC2C)cs1. The number of hydrogen-bond donors (Lipinski definition) is 1. The normalized spacial score (nSPS) is 28.2. The monoisotopic (exact) mass is 227 g/mol. The molecule has 1 aliphatic rings. The predicted octanol–water partition coefficient (Wildman–Crippen LogP) is 1.78. The molecule has 1 N–H and O–H groups in total. The molecule has 15 heavy (non-hydrogen) atoms. The van der Waals surface area contributed by atoms with Crippen LogP contribution in [-0.2, 0) is 11.2 Å². The average molecular weight is 227 g/mol. The Balaban J connectivity index is 1.94. The van der Waals surface area contributed by atoms with Gasteiger partial charge in [-0.25, -0.2) is 4.98 Å². The summed E-state index contributed by atoms with van der Waals surface area (Å²) in [5, 5.41) is 13.2. The Morgan fingerprint density at radius 3 is 3.07 bits per heavy atom.